The standard InChI is InChI=1S/C26H30N2O4/c1-16(2)13-23(27-17(3)29)25(30)28-24(26(31)32-4)15-22-20-11-7-5-9-18(20)14-19-10-6-8-12-21(19)22/h5-12,14,16,23-24H,13,15H2,1-4H3,(H,27,29)(H,28,30)/t23-,24+/m0/s1. The molecule has 0 bridgehead atoms. The number of ether oxygens (including phenoxy) is 1. The van der Waals surface area contributed by atoms with Crippen LogP contribution in [0, 0.1) is 5.92 Å². The van der Waals surface area contributed by atoms with Crippen molar-refractivity contribution in [2.75, 3.05) is 7.11 Å². The highest BCUT2D eigenvalue weighted by Crippen LogP contribution is 2.29. The molecule has 2 atom stereocenters. The van der Waals surface area contributed by atoms with Gasteiger partial charge in [0.15, 0.2) is 0 Å². The minimum absolute atomic E-state index is 0.191. The van der Waals surface area contributed by atoms with E-state index in [9.17, 15) is 14.4 Å². The molecule has 0 saturated heterocycles. The van der Waals surface area contributed by atoms with E-state index >= 15 is 0 Å². The number of rotatable bonds is 8. The van der Waals surface area contributed by atoms with Crippen molar-refractivity contribution in [2.45, 2.75) is 45.7 Å². The fraction of sp³-hybridized carbons (Fsp3) is 0.346. The molecular formula is C26H30N2O4. The lowest BCUT2D eigenvalue weighted by Gasteiger charge is -2.24. The summed E-state index contributed by atoms with van der Waals surface area (Å²) in [7, 11) is 1.31. The zero-order valence-electron chi connectivity index (χ0n) is 19.0. The molecule has 168 valence electrons. The second-order valence-electron chi connectivity index (χ2n) is 8.47. The molecule has 3 aromatic rings. The highest BCUT2D eigenvalue weighted by Gasteiger charge is 2.28. The summed E-state index contributed by atoms with van der Waals surface area (Å²) in [6.07, 6.45) is 0.741. The maximum Gasteiger partial charge on any atom is 0.328 e. The fourth-order valence-electron chi connectivity index (χ4n) is 4.09. The molecule has 6 heteroatoms. The normalized spacial score (nSPS) is 13.0. The molecule has 0 aliphatic heterocycles. The molecule has 0 aliphatic rings. The first-order valence-corrected chi connectivity index (χ1v) is 10.8. The summed E-state index contributed by atoms with van der Waals surface area (Å²) in [6, 6.07) is 16.5. The van der Waals surface area contributed by atoms with Crippen LogP contribution in [0.3, 0.4) is 0 Å². The van der Waals surface area contributed by atoms with Crippen LogP contribution >= 0.6 is 0 Å². The minimum Gasteiger partial charge on any atom is -0.467 e. The third kappa shape index (κ3) is 5.44. The molecule has 2 N–H and O–H groups in total. The topological polar surface area (TPSA) is 84.5 Å². The summed E-state index contributed by atoms with van der Waals surface area (Å²) in [5, 5.41) is 9.69. The van der Waals surface area contributed by atoms with Gasteiger partial charge in [-0.2, -0.15) is 0 Å². The van der Waals surface area contributed by atoms with Gasteiger partial charge in [0, 0.05) is 13.3 Å². The first-order valence-electron chi connectivity index (χ1n) is 10.8. The van der Waals surface area contributed by atoms with Gasteiger partial charge in [0.05, 0.1) is 7.11 Å². The van der Waals surface area contributed by atoms with Crippen LogP contribution in [0.25, 0.3) is 21.5 Å². The van der Waals surface area contributed by atoms with Crippen molar-refractivity contribution in [1.82, 2.24) is 10.6 Å². The van der Waals surface area contributed by atoms with Gasteiger partial charge in [-0.1, -0.05) is 62.4 Å². The summed E-state index contributed by atoms with van der Waals surface area (Å²) >= 11 is 0. The van der Waals surface area contributed by atoms with Gasteiger partial charge in [0.2, 0.25) is 11.8 Å². The van der Waals surface area contributed by atoms with Crippen molar-refractivity contribution in [3.8, 4) is 0 Å². The van der Waals surface area contributed by atoms with Gasteiger partial charge in [0.1, 0.15) is 12.1 Å². The van der Waals surface area contributed by atoms with Crippen LogP contribution in [-0.4, -0.2) is 37.0 Å². The van der Waals surface area contributed by atoms with Crippen molar-refractivity contribution in [3.05, 3.63) is 60.2 Å². The molecule has 0 fully saturated rings. The summed E-state index contributed by atoms with van der Waals surface area (Å²) in [5.41, 5.74) is 0.967. The van der Waals surface area contributed by atoms with Gasteiger partial charge in [-0.3, -0.25) is 9.59 Å². The lowest BCUT2D eigenvalue weighted by atomic mass is 9.92. The molecular weight excluding hydrogens is 404 g/mol. The number of fused-ring (bicyclic) bond motifs is 2. The van der Waals surface area contributed by atoms with Crippen molar-refractivity contribution in [2.24, 2.45) is 5.92 Å². The number of benzene rings is 3. The SMILES string of the molecule is COC(=O)[C@@H](Cc1c2ccccc2cc2ccccc12)NC(=O)[C@H](CC(C)C)NC(C)=O. The molecule has 0 spiro atoms. The molecule has 32 heavy (non-hydrogen) atoms. The summed E-state index contributed by atoms with van der Waals surface area (Å²) in [6.45, 7) is 5.32. The van der Waals surface area contributed by atoms with Crippen LogP contribution in [-0.2, 0) is 25.5 Å². The quantitative estimate of drug-likeness (QED) is 0.418. The smallest absolute Gasteiger partial charge is 0.328 e. The van der Waals surface area contributed by atoms with E-state index in [-0.39, 0.29) is 18.2 Å². The molecule has 3 rings (SSSR count). The fourth-order valence-corrected chi connectivity index (χ4v) is 4.09. The first kappa shape index (κ1) is 23.3. The molecule has 0 saturated carbocycles. The maximum absolute atomic E-state index is 13.0. The second kappa shape index (κ2) is 10.3. The number of esters is 1. The van der Waals surface area contributed by atoms with Crippen LogP contribution in [0.5, 0.6) is 0 Å². The molecule has 0 unspecified atom stereocenters. The molecule has 0 aromatic heterocycles. The number of carbonyl (C=O) groups excluding carboxylic acids is 3. The van der Waals surface area contributed by atoms with E-state index < -0.39 is 24.0 Å². The molecule has 0 radical (unpaired) electrons. The Balaban J connectivity index is 1.99. The average Bonchev–Trinajstić information content (AvgIpc) is 2.76. The van der Waals surface area contributed by atoms with E-state index in [4.69, 9.17) is 4.74 Å². The molecule has 2 amide bonds. The maximum atomic E-state index is 13.0. The molecule has 0 aliphatic carbocycles. The van der Waals surface area contributed by atoms with Crippen LogP contribution in [0.1, 0.15) is 32.8 Å². The number of amides is 2. The minimum atomic E-state index is -0.884. The zero-order chi connectivity index (χ0) is 23.3. The lowest BCUT2D eigenvalue weighted by Crippen LogP contribution is -2.52. The molecule has 6 nitrogen and oxygen atoms in total. The first-order chi connectivity index (χ1) is 15.3. The Morgan fingerprint density at radius 1 is 0.875 bits per heavy atom. The van der Waals surface area contributed by atoms with Crippen molar-refractivity contribution in [3.63, 3.8) is 0 Å². The van der Waals surface area contributed by atoms with E-state index in [1.54, 1.807) is 0 Å². The van der Waals surface area contributed by atoms with Gasteiger partial charge in [-0.25, -0.2) is 4.79 Å². The zero-order valence-corrected chi connectivity index (χ0v) is 19.0. The Labute approximate surface area is 188 Å². The summed E-state index contributed by atoms with van der Waals surface area (Å²) < 4.78 is 5.01. The van der Waals surface area contributed by atoms with Gasteiger partial charge in [-0.05, 0) is 45.5 Å². The lowest BCUT2D eigenvalue weighted by molar-refractivity contribution is -0.145. The Morgan fingerprint density at radius 2 is 1.44 bits per heavy atom. The highest BCUT2D eigenvalue weighted by atomic mass is 16.5. The van der Waals surface area contributed by atoms with Crippen molar-refractivity contribution in [1.29, 1.82) is 0 Å². The largest absolute Gasteiger partial charge is 0.467 e. The van der Waals surface area contributed by atoms with Gasteiger partial charge in [-0.15, -0.1) is 0 Å². The number of hydrogen-bond donors (Lipinski definition) is 2. The van der Waals surface area contributed by atoms with Gasteiger partial charge < -0.3 is 15.4 Å². The summed E-state index contributed by atoms with van der Waals surface area (Å²) in [5.74, 6) is -1.02. The second-order valence-corrected chi connectivity index (χ2v) is 8.47. The number of methoxy groups -OCH3 is 1. The number of hydrogen-bond acceptors (Lipinski definition) is 4. The van der Waals surface area contributed by atoms with Gasteiger partial charge >= 0.3 is 5.97 Å². The van der Waals surface area contributed by atoms with Crippen LogP contribution in [0.15, 0.2) is 54.6 Å². The third-order valence-electron chi connectivity index (χ3n) is 5.49. The Hall–Kier alpha value is -3.41. The van der Waals surface area contributed by atoms with Crippen LogP contribution < -0.4 is 10.6 Å². The highest BCUT2D eigenvalue weighted by molar-refractivity contribution is 6.03. The number of carbonyl (C=O) groups is 3. The van der Waals surface area contributed by atoms with E-state index in [2.05, 4.69) is 16.7 Å². The average molecular weight is 435 g/mol. The third-order valence-corrected chi connectivity index (χ3v) is 5.49. The predicted molar refractivity (Wildman–Crippen MR) is 126 cm³/mol. The number of nitrogens with one attached hydrogen (secondary N) is 2. The Bertz CT molecular complexity index is 1090. The van der Waals surface area contributed by atoms with Crippen LogP contribution in [0.4, 0.5) is 0 Å². The monoisotopic (exact) mass is 434 g/mol. The van der Waals surface area contributed by atoms with E-state index in [0.29, 0.717) is 6.42 Å². The van der Waals surface area contributed by atoms with Crippen molar-refractivity contribution >= 4 is 39.3 Å². The molecule has 0 heterocycles. The Morgan fingerprint density at radius 3 is 1.94 bits per heavy atom. The molecule has 3 aromatic carbocycles. The van der Waals surface area contributed by atoms with Gasteiger partial charge in [0.25, 0.3) is 0 Å². The van der Waals surface area contributed by atoms with Crippen molar-refractivity contribution < 1.29 is 19.1 Å². The predicted octanol–water partition coefficient (Wildman–Crippen LogP) is 3.74. The summed E-state index contributed by atoms with van der Waals surface area (Å²) in [4.78, 5) is 37.3. The van der Waals surface area contributed by atoms with E-state index in [1.807, 2.05) is 62.4 Å². The van der Waals surface area contributed by atoms with E-state index in [0.717, 1.165) is 27.1 Å². The van der Waals surface area contributed by atoms with Crippen LogP contribution in [0.2, 0.25) is 0 Å². The van der Waals surface area contributed by atoms with E-state index in [1.165, 1.54) is 14.0 Å². The Kier molecular flexibility index (Phi) is 7.46.